The molecular formula is C49H79O14P. The SMILES string of the molecule is CC/C=C\C/C=C\C/C=C\C/C=C\CCCCCCC(=O)OC[C@H](COP(=O)(O)OC1[C@H](O)[C@H](O)C(O)[C@H](O)[C@H]1O)OC(=O)CCC/C=C\C/C=C\C/C=C\C/C=C\CC(O)CCC. The summed E-state index contributed by atoms with van der Waals surface area (Å²) in [4.78, 5) is 35.7. The number of ether oxygens (including phenoxy) is 2. The first-order chi connectivity index (χ1) is 30.8. The number of carbonyl (C=O) groups excluding carboxylic acids is 2. The fourth-order valence-corrected chi connectivity index (χ4v) is 7.26. The zero-order valence-electron chi connectivity index (χ0n) is 38.1. The number of carbonyl (C=O) groups is 2. The van der Waals surface area contributed by atoms with E-state index in [0.717, 1.165) is 83.5 Å². The second-order valence-corrected chi connectivity index (χ2v) is 17.1. The lowest BCUT2D eigenvalue weighted by molar-refractivity contribution is -0.220. The molecule has 0 heterocycles. The third kappa shape index (κ3) is 30.0. The van der Waals surface area contributed by atoms with Crippen molar-refractivity contribution in [3.05, 3.63) is 97.2 Å². The molecule has 7 N–H and O–H groups in total. The van der Waals surface area contributed by atoms with Gasteiger partial charge in [-0.15, -0.1) is 0 Å². The second kappa shape index (κ2) is 37.9. The minimum atomic E-state index is -5.16. The molecule has 0 aromatic rings. The minimum absolute atomic E-state index is 0.00576. The highest BCUT2D eigenvalue weighted by molar-refractivity contribution is 7.47. The van der Waals surface area contributed by atoms with Crippen molar-refractivity contribution in [2.24, 2.45) is 0 Å². The summed E-state index contributed by atoms with van der Waals surface area (Å²) in [6, 6.07) is 0. The van der Waals surface area contributed by atoms with E-state index in [1.54, 1.807) is 0 Å². The Morgan fingerprint density at radius 3 is 1.55 bits per heavy atom. The van der Waals surface area contributed by atoms with Gasteiger partial charge in [-0.05, 0) is 89.9 Å². The third-order valence-electron chi connectivity index (χ3n) is 9.97. The molecule has 9 atom stereocenters. The quantitative estimate of drug-likeness (QED) is 0.0137. The van der Waals surface area contributed by atoms with Crippen molar-refractivity contribution in [2.45, 2.75) is 185 Å². The number of rotatable bonds is 36. The van der Waals surface area contributed by atoms with Crippen LogP contribution in [0.2, 0.25) is 0 Å². The van der Waals surface area contributed by atoms with Crippen molar-refractivity contribution in [2.75, 3.05) is 13.2 Å². The van der Waals surface area contributed by atoms with Gasteiger partial charge < -0.3 is 45.0 Å². The van der Waals surface area contributed by atoms with E-state index in [-0.39, 0.29) is 18.9 Å². The molecule has 0 saturated heterocycles. The van der Waals surface area contributed by atoms with Crippen LogP contribution < -0.4 is 0 Å². The van der Waals surface area contributed by atoms with Gasteiger partial charge in [-0.1, -0.05) is 130 Å². The third-order valence-corrected chi connectivity index (χ3v) is 11.0. The molecule has 0 amide bonds. The summed E-state index contributed by atoms with van der Waals surface area (Å²) in [6.07, 6.45) is 33.8. The number of phosphoric acid groups is 1. The number of esters is 2. The summed E-state index contributed by atoms with van der Waals surface area (Å²) in [6.45, 7) is 2.90. The molecule has 0 aromatic heterocycles. The number of phosphoric ester groups is 1. The zero-order chi connectivity index (χ0) is 47.3. The predicted octanol–water partition coefficient (Wildman–Crippen LogP) is 8.02. The highest BCUT2D eigenvalue weighted by Gasteiger charge is 2.51. The van der Waals surface area contributed by atoms with Crippen LogP contribution in [0.15, 0.2) is 97.2 Å². The summed E-state index contributed by atoms with van der Waals surface area (Å²) in [5.74, 6) is -1.22. The maximum absolute atomic E-state index is 12.8. The number of unbranched alkanes of at least 4 members (excludes halogenated alkanes) is 5. The Hall–Kier alpha value is -3.27. The zero-order valence-corrected chi connectivity index (χ0v) is 39.0. The Morgan fingerprint density at radius 1 is 0.562 bits per heavy atom. The van der Waals surface area contributed by atoms with Crippen LogP contribution in [0.1, 0.15) is 136 Å². The van der Waals surface area contributed by atoms with Gasteiger partial charge >= 0.3 is 19.8 Å². The van der Waals surface area contributed by atoms with Crippen LogP contribution in [0.25, 0.3) is 0 Å². The molecule has 1 rings (SSSR count). The number of hydrogen-bond acceptors (Lipinski definition) is 13. The highest BCUT2D eigenvalue weighted by atomic mass is 31.2. The highest BCUT2D eigenvalue weighted by Crippen LogP contribution is 2.47. The van der Waals surface area contributed by atoms with E-state index >= 15 is 0 Å². The number of aliphatic hydroxyl groups excluding tert-OH is 6. The number of allylic oxidation sites excluding steroid dienone is 15. The van der Waals surface area contributed by atoms with Gasteiger partial charge in [0.05, 0.1) is 12.7 Å². The number of aliphatic hydroxyl groups is 6. The Morgan fingerprint density at radius 2 is 1.02 bits per heavy atom. The Bertz CT molecular complexity index is 1500. The monoisotopic (exact) mass is 923 g/mol. The lowest BCUT2D eigenvalue weighted by Crippen LogP contribution is -2.64. The molecule has 1 aliphatic carbocycles. The summed E-state index contributed by atoms with van der Waals surface area (Å²) in [7, 11) is -5.16. The van der Waals surface area contributed by atoms with Gasteiger partial charge in [0.15, 0.2) is 6.10 Å². The summed E-state index contributed by atoms with van der Waals surface area (Å²) in [5, 5.41) is 59.9. The van der Waals surface area contributed by atoms with Gasteiger partial charge in [0, 0.05) is 12.8 Å². The van der Waals surface area contributed by atoms with Crippen LogP contribution >= 0.6 is 7.82 Å². The van der Waals surface area contributed by atoms with Crippen LogP contribution in [0.3, 0.4) is 0 Å². The maximum atomic E-state index is 12.8. The van der Waals surface area contributed by atoms with Crippen molar-refractivity contribution in [3.8, 4) is 0 Å². The summed E-state index contributed by atoms with van der Waals surface area (Å²) in [5.41, 5.74) is 0. The molecule has 14 nitrogen and oxygen atoms in total. The molecule has 364 valence electrons. The Kier molecular flexibility index (Phi) is 34.8. The van der Waals surface area contributed by atoms with Gasteiger partial charge in [-0.2, -0.15) is 0 Å². The molecule has 15 heteroatoms. The molecule has 1 fully saturated rings. The first-order valence-electron chi connectivity index (χ1n) is 23.1. The molecule has 1 saturated carbocycles. The Balaban J connectivity index is 2.54. The molecule has 0 radical (unpaired) electrons. The van der Waals surface area contributed by atoms with Crippen molar-refractivity contribution < 1.29 is 68.2 Å². The fraction of sp³-hybridized carbons (Fsp3) is 0.633. The van der Waals surface area contributed by atoms with E-state index in [2.05, 4.69) is 86.8 Å². The van der Waals surface area contributed by atoms with Crippen molar-refractivity contribution in [1.29, 1.82) is 0 Å². The lowest BCUT2D eigenvalue weighted by atomic mass is 9.85. The van der Waals surface area contributed by atoms with E-state index in [0.29, 0.717) is 25.7 Å². The van der Waals surface area contributed by atoms with Crippen molar-refractivity contribution >= 4 is 19.8 Å². The molecule has 1 aliphatic rings. The number of hydrogen-bond donors (Lipinski definition) is 7. The van der Waals surface area contributed by atoms with E-state index in [1.165, 1.54) is 0 Å². The summed E-state index contributed by atoms with van der Waals surface area (Å²) >= 11 is 0. The average molecular weight is 923 g/mol. The second-order valence-electron chi connectivity index (χ2n) is 15.7. The lowest BCUT2D eigenvalue weighted by Gasteiger charge is -2.41. The normalized spacial score (nSPS) is 23.0. The van der Waals surface area contributed by atoms with E-state index in [4.69, 9.17) is 18.5 Å². The average Bonchev–Trinajstić information content (AvgIpc) is 3.27. The topological polar surface area (TPSA) is 230 Å². The van der Waals surface area contributed by atoms with Crippen LogP contribution in [0.5, 0.6) is 0 Å². The van der Waals surface area contributed by atoms with Gasteiger partial charge in [0.25, 0.3) is 0 Å². The van der Waals surface area contributed by atoms with Crippen molar-refractivity contribution in [1.82, 2.24) is 0 Å². The smallest absolute Gasteiger partial charge is 0.462 e. The van der Waals surface area contributed by atoms with Gasteiger partial charge in [0.2, 0.25) is 0 Å². The first-order valence-corrected chi connectivity index (χ1v) is 24.6. The Labute approximate surface area is 382 Å². The summed E-state index contributed by atoms with van der Waals surface area (Å²) < 4.78 is 33.4. The molecule has 0 spiro atoms. The van der Waals surface area contributed by atoms with Crippen LogP contribution in [-0.4, -0.2) is 110 Å². The molecule has 64 heavy (non-hydrogen) atoms. The van der Waals surface area contributed by atoms with Crippen LogP contribution in [0, 0.1) is 0 Å². The molecule has 0 aliphatic heterocycles. The first kappa shape index (κ1) is 58.7. The van der Waals surface area contributed by atoms with Gasteiger partial charge in [0.1, 0.15) is 43.2 Å². The maximum Gasteiger partial charge on any atom is 0.472 e. The predicted molar refractivity (Wildman–Crippen MR) is 250 cm³/mol. The fourth-order valence-electron chi connectivity index (χ4n) is 6.28. The molecular weight excluding hydrogens is 843 g/mol. The largest absolute Gasteiger partial charge is 0.472 e. The minimum Gasteiger partial charge on any atom is -0.462 e. The molecule has 0 aromatic carbocycles. The van der Waals surface area contributed by atoms with Crippen LogP contribution in [0.4, 0.5) is 0 Å². The standard InChI is InChI=1S/C49H79O14P/c1-3-5-6-7-8-9-10-11-12-13-14-17-20-23-26-29-32-36-42(51)60-38-41(39-61-64(58,59)63-49-47(56)45(54)44(53)46(55)48(49)57)62-43(52)37-33-30-27-24-21-18-15-16-19-22-25-28-31-35-40(50)34-4-2/h5-6,8-9,11-12,14-15,17-19,22,24,27-28,31,40-41,44-50,53-57H,3-4,7,10,13,16,20-21,23,25-26,29-30,32-39H2,1-2H3,(H,58,59)/b6-5-,9-8-,12-11-,17-14-,18-15-,22-19-,27-24-,31-28-/t40?,41-,44?,45-,46+,47-,48-,49?/m1/s1. The van der Waals surface area contributed by atoms with Gasteiger partial charge in [-0.3, -0.25) is 18.6 Å². The van der Waals surface area contributed by atoms with E-state index in [9.17, 15) is 49.7 Å². The van der Waals surface area contributed by atoms with E-state index < -0.39 is 75.7 Å². The molecule has 0 bridgehead atoms. The van der Waals surface area contributed by atoms with Crippen LogP contribution in [-0.2, 0) is 32.7 Å². The van der Waals surface area contributed by atoms with Crippen molar-refractivity contribution in [3.63, 3.8) is 0 Å². The molecule has 4 unspecified atom stereocenters. The van der Waals surface area contributed by atoms with E-state index in [1.807, 2.05) is 24.3 Å². The van der Waals surface area contributed by atoms with Gasteiger partial charge in [-0.25, -0.2) is 4.57 Å².